The van der Waals surface area contributed by atoms with E-state index in [2.05, 4.69) is 4.74 Å². The first-order valence-corrected chi connectivity index (χ1v) is 4.69. The van der Waals surface area contributed by atoms with Crippen LogP contribution in [0.2, 0.25) is 0 Å². The van der Waals surface area contributed by atoms with Gasteiger partial charge in [-0.3, -0.25) is 0 Å². The highest BCUT2D eigenvalue weighted by Gasteiger charge is 2.02. The van der Waals surface area contributed by atoms with Crippen LogP contribution in [0.3, 0.4) is 0 Å². The Morgan fingerprint density at radius 2 is 1.81 bits per heavy atom. The molecule has 0 atom stereocenters. The normalized spacial score (nSPS) is 10.2. The molecule has 0 unspecified atom stereocenters. The van der Waals surface area contributed by atoms with Gasteiger partial charge in [-0.25, -0.2) is 4.79 Å². The molecule has 0 fully saturated rings. The topological polar surface area (TPSA) is 44.8 Å². The number of carbonyl (C=O) groups is 1. The minimum Gasteiger partial charge on any atom is -0.493 e. The minimum absolute atomic E-state index is 0.394. The van der Waals surface area contributed by atoms with Crippen LogP contribution in [0.25, 0.3) is 6.08 Å². The van der Waals surface area contributed by atoms with Gasteiger partial charge in [0.2, 0.25) is 0 Å². The molecule has 0 aliphatic heterocycles. The van der Waals surface area contributed by atoms with E-state index in [0.717, 1.165) is 5.56 Å². The first-order valence-electron chi connectivity index (χ1n) is 4.69. The Hall–Kier alpha value is -1.97. The zero-order chi connectivity index (χ0) is 12.0. The van der Waals surface area contributed by atoms with Crippen LogP contribution in [-0.2, 0) is 9.53 Å². The van der Waals surface area contributed by atoms with Crippen LogP contribution < -0.4 is 9.47 Å². The molecule has 86 valence electrons. The van der Waals surface area contributed by atoms with E-state index in [9.17, 15) is 4.79 Å². The largest absolute Gasteiger partial charge is 0.493 e. The molecule has 0 radical (unpaired) electrons. The van der Waals surface area contributed by atoms with Gasteiger partial charge in [-0.1, -0.05) is 6.07 Å². The maximum Gasteiger partial charge on any atom is 0.330 e. The van der Waals surface area contributed by atoms with Crippen molar-refractivity contribution in [3.05, 3.63) is 29.8 Å². The van der Waals surface area contributed by atoms with E-state index in [-0.39, 0.29) is 0 Å². The lowest BCUT2D eigenvalue weighted by Crippen LogP contribution is -1.94. The molecule has 16 heavy (non-hydrogen) atoms. The minimum atomic E-state index is -0.394. The molecule has 0 bridgehead atoms. The summed E-state index contributed by atoms with van der Waals surface area (Å²) in [6, 6.07) is 5.37. The Morgan fingerprint density at radius 1 is 1.12 bits per heavy atom. The summed E-state index contributed by atoms with van der Waals surface area (Å²) in [6.45, 7) is 0. The molecule has 4 nitrogen and oxygen atoms in total. The van der Waals surface area contributed by atoms with E-state index in [4.69, 9.17) is 9.47 Å². The second-order valence-electron chi connectivity index (χ2n) is 2.97. The van der Waals surface area contributed by atoms with Gasteiger partial charge in [0.15, 0.2) is 11.5 Å². The summed E-state index contributed by atoms with van der Waals surface area (Å²) in [7, 11) is 4.47. The molecule has 0 aliphatic carbocycles. The Balaban J connectivity index is 2.91. The molecule has 0 aromatic heterocycles. The quantitative estimate of drug-likeness (QED) is 0.576. The maximum atomic E-state index is 10.9. The third-order valence-corrected chi connectivity index (χ3v) is 2.02. The van der Waals surface area contributed by atoms with E-state index in [1.807, 2.05) is 6.07 Å². The Labute approximate surface area is 94.4 Å². The van der Waals surface area contributed by atoms with Crippen LogP contribution in [0.15, 0.2) is 24.3 Å². The zero-order valence-electron chi connectivity index (χ0n) is 9.52. The number of esters is 1. The summed E-state index contributed by atoms with van der Waals surface area (Å²) >= 11 is 0. The van der Waals surface area contributed by atoms with Crippen molar-refractivity contribution < 1.29 is 19.0 Å². The summed E-state index contributed by atoms with van der Waals surface area (Å²) in [5, 5.41) is 0. The molecule has 1 aromatic carbocycles. The fourth-order valence-corrected chi connectivity index (χ4v) is 1.19. The molecule has 4 heteroatoms. The van der Waals surface area contributed by atoms with E-state index in [1.165, 1.54) is 13.2 Å². The average molecular weight is 222 g/mol. The van der Waals surface area contributed by atoms with Gasteiger partial charge in [0.1, 0.15) is 0 Å². The predicted molar refractivity (Wildman–Crippen MR) is 60.6 cm³/mol. The summed E-state index contributed by atoms with van der Waals surface area (Å²) < 4.78 is 14.7. The third kappa shape index (κ3) is 3.02. The Bertz CT molecular complexity index is 396. The molecular weight excluding hydrogens is 208 g/mol. The second kappa shape index (κ2) is 5.80. The molecule has 1 rings (SSSR count). The van der Waals surface area contributed by atoms with Crippen molar-refractivity contribution in [2.75, 3.05) is 21.3 Å². The molecule has 0 saturated carbocycles. The van der Waals surface area contributed by atoms with E-state index in [1.54, 1.807) is 32.4 Å². The molecule has 0 aliphatic rings. The SMILES string of the molecule is COC(=O)/C=C/c1ccc(OC)c(OC)c1. The van der Waals surface area contributed by atoms with Crippen LogP contribution in [0.4, 0.5) is 0 Å². The van der Waals surface area contributed by atoms with Crippen molar-refractivity contribution in [1.82, 2.24) is 0 Å². The van der Waals surface area contributed by atoms with Crippen LogP contribution in [0.1, 0.15) is 5.56 Å². The van der Waals surface area contributed by atoms with Crippen LogP contribution in [-0.4, -0.2) is 27.3 Å². The van der Waals surface area contributed by atoms with Gasteiger partial charge in [-0.15, -0.1) is 0 Å². The fraction of sp³-hybridized carbons (Fsp3) is 0.250. The lowest BCUT2D eigenvalue weighted by atomic mass is 10.2. The van der Waals surface area contributed by atoms with Gasteiger partial charge >= 0.3 is 5.97 Å². The number of carbonyl (C=O) groups excluding carboxylic acids is 1. The highest BCUT2D eigenvalue weighted by Crippen LogP contribution is 2.27. The third-order valence-electron chi connectivity index (χ3n) is 2.02. The van der Waals surface area contributed by atoms with Crippen molar-refractivity contribution in [3.8, 4) is 11.5 Å². The van der Waals surface area contributed by atoms with E-state index >= 15 is 0 Å². The lowest BCUT2D eigenvalue weighted by molar-refractivity contribution is -0.134. The van der Waals surface area contributed by atoms with Gasteiger partial charge in [0.05, 0.1) is 21.3 Å². The smallest absolute Gasteiger partial charge is 0.330 e. The van der Waals surface area contributed by atoms with Gasteiger partial charge in [0.25, 0.3) is 0 Å². The molecule has 0 heterocycles. The molecule has 0 amide bonds. The van der Waals surface area contributed by atoms with Crippen molar-refractivity contribution in [3.63, 3.8) is 0 Å². The van der Waals surface area contributed by atoms with Gasteiger partial charge < -0.3 is 14.2 Å². The highest BCUT2D eigenvalue weighted by atomic mass is 16.5. The first kappa shape index (κ1) is 12.1. The van der Waals surface area contributed by atoms with Gasteiger partial charge in [-0.05, 0) is 23.8 Å². The molecule has 0 saturated heterocycles. The number of ether oxygens (including phenoxy) is 3. The number of hydrogen-bond donors (Lipinski definition) is 0. The van der Waals surface area contributed by atoms with Crippen molar-refractivity contribution in [2.24, 2.45) is 0 Å². The van der Waals surface area contributed by atoms with Crippen molar-refractivity contribution in [1.29, 1.82) is 0 Å². The maximum absolute atomic E-state index is 10.9. The van der Waals surface area contributed by atoms with Crippen molar-refractivity contribution in [2.45, 2.75) is 0 Å². The molecular formula is C12H14O4. The highest BCUT2D eigenvalue weighted by molar-refractivity contribution is 5.87. The Morgan fingerprint density at radius 3 is 2.38 bits per heavy atom. The monoisotopic (exact) mass is 222 g/mol. The van der Waals surface area contributed by atoms with E-state index in [0.29, 0.717) is 11.5 Å². The summed E-state index contributed by atoms with van der Waals surface area (Å²) in [6.07, 6.45) is 3.00. The number of methoxy groups -OCH3 is 3. The lowest BCUT2D eigenvalue weighted by Gasteiger charge is -2.07. The molecule has 1 aromatic rings. The van der Waals surface area contributed by atoms with Crippen LogP contribution in [0, 0.1) is 0 Å². The van der Waals surface area contributed by atoms with Gasteiger partial charge in [0, 0.05) is 6.08 Å². The van der Waals surface area contributed by atoms with Crippen LogP contribution >= 0.6 is 0 Å². The zero-order valence-corrected chi connectivity index (χ0v) is 9.52. The Kier molecular flexibility index (Phi) is 4.39. The fourth-order valence-electron chi connectivity index (χ4n) is 1.19. The predicted octanol–water partition coefficient (Wildman–Crippen LogP) is 1.89. The number of hydrogen-bond acceptors (Lipinski definition) is 4. The first-order chi connectivity index (χ1) is 7.71. The molecule has 0 N–H and O–H groups in total. The number of benzene rings is 1. The summed E-state index contributed by atoms with van der Waals surface area (Å²) in [4.78, 5) is 10.9. The van der Waals surface area contributed by atoms with Crippen molar-refractivity contribution >= 4 is 12.0 Å². The standard InChI is InChI=1S/C12H14O4/c1-14-10-6-4-9(8-11(10)15-2)5-7-12(13)16-3/h4-8H,1-3H3/b7-5+. The molecule has 0 spiro atoms. The summed E-state index contributed by atoms with van der Waals surface area (Å²) in [5.74, 6) is 0.877. The summed E-state index contributed by atoms with van der Waals surface area (Å²) in [5.41, 5.74) is 0.836. The van der Waals surface area contributed by atoms with E-state index < -0.39 is 5.97 Å². The van der Waals surface area contributed by atoms with Crippen LogP contribution in [0.5, 0.6) is 11.5 Å². The van der Waals surface area contributed by atoms with Gasteiger partial charge in [-0.2, -0.15) is 0 Å². The second-order valence-corrected chi connectivity index (χ2v) is 2.97. The average Bonchev–Trinajstić information content (AvgIpc) is 2.35. The number of rotatable bonds is 4.